The SMILES string of the molecule is c1cc2c(cc1CN1CCOCC1)nc1n2CC2CCC(C1)N2C1CCC1. The van der Waals surface area contributed by atoms with E-state index in [4.69, 9.17) is 9.72 Å². The van der Waals surface area contributed by atoms with Crippen molar-refractivity contribution in [3.05, 3.63) is 29.6 Å². The van der Waals surface area contributed by atoms with Gasteiger partial charge in [-0.3, -0.25) is 9.80 Å². The number of hydrogen-bond donors (Lipinski definition) is 0. The van der Waals surface area contributed by atoms with Crippen LogP contribution in [-0.2, 0) is 24.2 Å². The van der Waals surface area contributed by atoms with Gasteiger partial charge in [0.2, 0.25) is 0 Å². The van der Waals surface area contributed by atoms with Gasteiger partial charge in [-0.05, 0) is 43.4 Å². The van der Waals surface area contributed by atoms with Crippen LogP contribution in [0, 0.1) is 0 Å². The number of hydrogen-bond acceptors (Lipinski definition) is 4. The van der Waals surface area contributed by atoms with Gasteiger partial charge >= 0.3 is 0 Å². The Labute approximate surface area is 161 Å². The number of fused-ring (bicyclic) bond motifs is 5. The van der Waals surface area contributed by atoms with Crippen LogP contribution in [-0.4, -0.2) is 63.8 Å². The molecule has 1 aromatic carbocycles. The number of benzene rings is 1. The summed E-state index contributed by atoms with van der Waals surface area (Å²) >= 11 is 0. The molecule has 144 valence electrons. The van der Waals surface area contributed by atoms with Crippen molar-refractivity contribution < 1.29 is 4.74 Å². The third-order valence-electron chi connectivity index (χ3n) is 7.39. The predicted octanol–water partition coefficient (Wildman–Crippen LogP) is 2.81. The van der Waals surface area contributed by atoms with E-state index in [0.717, 1.165) is 63.9 Å². The molecule has 4 heterocycles. The lowest BCUT2D eigenvalue weighted by Crippen LogP contribution is -2.48. The summed E-state index contributed by atoms with van der Waals surface area (Å²) in [4.78, 5) is 10.5. The van der Waals surface area contributed by atoms with Crippen LogP contribution in [0.3, 0.4) is 0 Å². The van der Waals surface area contributed by atoms with Gasteiger partial charge in [0.15, 0.2) is 0 Å². The van der Waals surface area contributed by atoms with Gasteiger partial charge in [-0.15, -0.1) is 0 Å². The number of morpholine rings is 1. The lowest BCUT2D eigenvalue weighted by Gasteiger charge is -2.41. The van der Waals surface area contributed by atoms with Gasteiger partial charge in [0.05, 0.1) is 24.2 Å². The molecular formula is C22H30N4O. The van der Waals surface area contributed by atoms with E-state index in [1.807, 2.05) is 0 Å². The lowest BCUT2D eigenvalue weighted by atomic mass is 9.90. The normalized spacial score (nSPS) is 29.6. The minimum atomic E-state index is 0.728. The highest BCUT2D eigenvalue weighted by Gasteiger charge is 2.42. The van der Waals surface area contributed by atoms with Crippen LogP contribution in [0.1, 0.15) is 43.5 Å². The summed E-state index contributed by atoms with van der Waals surface area (Å²) in [6, 6.07) is 9.29. The molecular weight excluding hydrogens is 336 g/mol. The molecule has 0 radical (unpaired) electrons. The molecule has 2 unspecified atom stereocenters. The van der Waals surface area contributed by atoms with E-state index in [9.17, 15) is 0 Å². The smallest absolute Gasteiger partial charge is 0.111 e. The van der Waals surface area contributed by atoms with Crippen LogP contribution < -0.4 is 0 Å². The first-order chi connectivity index (χ1) is 13.3. The Morgan fingerprint density at radius 2 is 1.85 bits per heavy atom. The number of nitrogens with zero attached hydrogens (tertiary/aromatic N) is 4. The van der Waals surface area contributed by atoms with Crippen LogP contribution in [0.2, 0.25) is 0 Å². The quantitative estimate of drug-likeness (QED) is 0.836. The minimum absolute atomic E-state index is 0.728. The molecule has 3 aliphatic heterocycles. The summed E-state index contributed by atoms with van der Waals surface area (Å²) in [6.07, 6.45) is 8.14. The summed E-state index contributed by atoms with van der Waals surface area (Å²) in [5, 5.41) is 0. The van der Waals surface area contributed by atoms with Crippen LogP contribution in [0.25, 0.3) is 11.0 Å². The van der Waals surface area contributed by atoms with Crippen molar-refractivity contribution >= 4 is 11.0 Å². The molecule has 3 fully saturated rings. The number of imidazole rings is 1. The molecule has 1 saturated carbocycles. The Balaban J connectivity index is 1.28. The van der Waals surface area contributed by atoms with Crippen molar-refractivity contribution in [1.82, 2.24) is 19.4 Å². The maximum Gasteiger partial charge on any atom is 0.111 e. The van der Waals surface area contributed by atoms with Gasteiger partial charge in [-0.1, -0.05) is 12.5 Å². The Bertz CT molecular complexity index is 836. The van der Waals surface area contributed by atoms with E-state index in [1.54, 1.807) is 0 Å². The zero-order valence-corrected chi connectivity index (χ0v) is 16.1. The largest absolute Gasteiger partial charge is 0.379 e. The summed E-state index contributed by atoms with van der Waals surface area (Å²) in [6.45, 7) is 5.96. The second kappa shape index (κ2) is 6.57. The predicted molar refractivity (Wildman–Crippen MR) is 106 cm³/mol. The van der Waals surface area contributed by atoms with Crippen molar-refractivity contribution in [3.63, 3.8) is 0 Å². The van der Waals surface area contributed by atoms with Crippen LogP contribution in [0.15, 0.2) is 18.2 Å². The molecule has 1 aromatic heterocycles. The summed E-state index contributed by atoms with van der Waals surface area (Å²) in [5.74, 6) is 1.32. The first kappa shape index (κ1) is 16.5. The standard InChI is InChI=1S/C22H30N4O/c1-2-17(3-1)26-18-5-6-19(26)15-25-21-7-4-16(12-20(21)23-22(25)13-18)14-24-8-10-27-11-9-24/h4,7,12,17-19H,1-3,5-6,8-11,13-15H2. The fourth-order valence-corrected chi connectivity index (χ4v) is 5.78. The zero-order valence-electron chi connectivity index (χ0n) is 16.1. The molecule has 0 N–H and O–H groups in total. The third kappa shape index (κ3) is 2.82. The fourth-order valence-electron chi connectivity index (χ4n) is 5.78. The monoisotopic (exact) mass is 366 g/mol. The van der Waals surface area contributed by atoms with Gasteiger partial charge in [0.1, 0.15) is 5.82 Å². The first-order valence-electron chi connectivity index (χ1n) is 10.9. The molecule has 1 aliphatic carbocycles. The first-order valence-corrected chi connectivity index (χ1v) is 10.9. The van der Waals surface area contributed by atoms with E-state index in [0.29, 0.717) is 0 Å². The van der Waals surface area contributed by atoms with Crippen LogP contribution >= 0.6 is 0 Å². The van der Waals surface area contributed by atoms with Crippen molar-refractivity contribution in [2.75, 3.05) is 26.3 Å². The van der Waals surface area contributed by atoms with Crippen molar-refractivity contribution in [2.24, 2.45) is 0 Å². The Morgan fingerprint density at radius 1 is 1.00 bits per heavy atom. The molecule has 2 bridgehead atoms. The minimum Gasteiger partial charge on any atom is -0.379 e. The van der Waals surface area contributed by atoms with Crippen molar-refractivity contribution in [3.8, 4) is 0 Å². The van der Waals surface area contributed by atoms with Gasteiger partial charge in [0, 0.05) is 50.7 Å². The average Bonchev–Trinajstić information content (AvgIpc) is 3.11. The Hall–Kier alpha value is -1.43. The van der Waals surface area contributed by atoms with Crippen LogP contribution in [0.5, 0.6) is 0 Å². The molecule has 2 atom stereocenters. The van der Waals surface area contributed by atoms with E-state index < -0.39 is 0 Å². The third-order valence-corrected chi connectivity index (χ3v) is 7.39. The average molecular weight is 367 g/mol. The Kier molecular flexibility index (Phi) is 4.02. The summed E-state index contributed by atoms with van der Waals surface area (Å²) in [7, 11) is 0. The van der Waals surface area contributed by atoms with E-state index in [-0.39, 0.29) is 0 Å². The highest BCUT2D eigenvalue weighted by atomic mass is 16.5. The molecule has 5 nitrogen and oxygen atoms in total. The maximum atomic E-state index is 5.48. The molecule has 27 heavy (non-hydrogen) atoms. The topological polar surface area (TPSA) is 33.5 Å². The molecule has 2 aromatic rings. The maximum absolute atomic E-state index is 5.48. The highest BCUT2D eigenvalue weighted by molar-refractivity contribution is 5.77. The van der Waals surface area contributed by atoms with Gasteiger partial charge in [-0.25, -0.2) is 4.98 Å². The van der Waals surface area contributed by atoms with Crippen molar-refractivity contribution in [1.29, 1.82) is 0 Å². The fraction of sp³-hybridized carbons (Fsp3) is 0.682. The van der Waals surface area contributed by atoms with Gasteiger partial charge in [0.25, 0.3) is 0 Å². The molecule has 5 heteroatoms. The Morgan fingerprint density at radius 3 is 2.67 bits per heavy atom. The van der Waals surface area contributed by atoms with Gasteiger partial charge in [-0.2, -0.15) is 0 Å². The number of aromatic nitrogens is 2. The van der Waals surface area contributed by atoms with E-state index >= 15 is 0 Å². The second-order valence-corrected chi connectivity index (χ2v) is 8.97. The number of rotatable bonds is 3. The molecule has 4 aliphatic rings. The number of ether oxygens (including phenoxy) is 1. The van der Waals surface area contributed by atoms with E-state index in [1.165, 1.54) is 54.5 Å². The second-order valence-electron chi connectivity index (χ2n) is 8.97. The molecule has 2 saturated heterocycles. The molecule has 6 rings (SSSR count). The van der Waals surface area contributed by atoms with E-state index in [2.05, 4.69) is 32.6 Å². The van der Waals surface area contributed by atoms with Crippen molar-refractivity contribution in [2.45, 2.75) is 69.7 Å². The van der Waals surface area contributed by atoms with Gasteiger partial charge < -0.3 is 9.30 Å². The molecule has 0 spiro atoms. The summed E-state index contributed by atoms with van der Waals surface area (Å²) in [5.41, 5.74) is 3.93. The van der Waals surface area contributed by atoms with Crippen LogP contribution in [0.4, 0.5) is 0 Å². The lowest BCUT2D eigenvalue weighted by molar-refractivity contribution is 0.0342. The zero-order chi connectivity index (χ0) is 17.8. The highest BCUT2D eigenvalue weighted by Crippen LogP contribution is 2.39. The molecule has 0 amide bonds. The summed E-state index contributed by atoms with van der Waals surface area (Å²) < 4.78 is 8.02.